The van der Waals surface area contributed by atoms with Gasteiger partial charge in [0.15, 0.2) is 16.6 Å². The van der Waals surface area contributed by atoms with Crippen LogP contribution in [-0.4, -0.2) is 25.7 Å². The van der Waals surface area contributed by atoms with Gasteiger partial charge in [-0.05, 0) is 48.5 Å². The van der Waals surface area contributed by atoms with Crippen molar-refractivity contribution in [2.75, 3.05) is 5.32 Å². The molecular formula is C21H14ClN5O2S. The number of H-pyrrole nitrogens is 1. The van der Waals surface area contributed by atoms with Crippen LogP contribution in [0.1, 0.15) is 10.5 Å². The number of aromatic amines is 1. The highest BCUT2D eigenvalue weighted by molar-refractivity contribution is 7.14. The van der Waals surface area contributed by atoms with Crippen LogP contribution in [0.15, 0.2) is 76.9 Å². The Kier molecular flexibility index (Phi) is 4.70. The fourth-order valence-corrected chi connectivity index (χ4v) is 3.81. The lowest BCUT2D eigenvalue weighted by Gasteiger charge is -2.05. The highest BCUT2D eigenvalue weighted by Gasteiger charge is 2.19. The molecule has 1 aromatic carbocycles. The predicted molar refractivity (Wildman–Crippen MR) is 116 cm³/mol. The second-order valence-electron chi connectivity index (χ2n) is 6.36. The van der Waals surface area contributed by atoms with Gasteiger partial charge in [-0.2, -0.15) is 5.10 Å². The van der Waals surface area contributed by atoms with Gasteiger partial charge in [-0.25, -0.2) is 9.67 Å². The van der Waals surface area contributed by atoms with E-state index in [4.69, 9.17) is 16.0 Å². The minimum Gasteiger partial charge on any atom is -0.463 e. The van der Waals surface area contributed by atoms with Crippen LogP contribution in [0.3, 0.4) is 0 Å². The molecule has 0 saturated heterocycles. The minimum atomic E-state index is -0.358. The summed E-state index contributed by atoms with van der Waals surface area (Å²) in [4.78, 5) is 20.4. The molecule has 9 heteroatoms. The second kappa shape index (κ2) is 7.66. The first kappa shape index (κ1) is 18.4. The van der Waals surface area contributed by atoms with Gasteiger partial charge in [0.25, 0.3) is 5.91 Å². The van der Waals surface area contributed by atoms with Crippen molar-refractivity contribution >= 4 is 34.0 Å². The molecule has 0 atom stereocenters. The molecule has 0 aliphatic carbocycles. The molecule has 0 saturated carbocycles. The lowest BCUT2D eigenvalue weighted by molar-refractivity contribution is 0.102. The zero-order valence-electron chi connectivity index (χ0n) is 15.4. The van der Waals surface area contributed by atoms with E-state index in [0.29, 0.717) is 21.6 Å². The Morgan fingerprint density at radius 2 is 2.03 bits per heavy atom. The van der Waals surface area contributed by atoms with Crippen LogP contribution in [0.4, 0.5) is 5.13 Å². The summed E-state index contributed by atoms with van der Waals surface area (Å²) in [7, 11) is 0. The molecule has 30 heavy (non-hydrogen) atoms. The summed E-state index contributed by atoms with van der Waals surface area (Å²) in [5, 5.41) is 10.3. The SMILES string of the molecule is O=C(Nc1nc(-c2ccc[nH]2)cs1)c1cc(-c2ccco2)n(-c2ccc(Cl)cc2)n1. The van der Waals surface area contributed by atoms with Crippen molar-refractivity contribution in [1.82, 2.24) is 19.7 Å². The average molecular weight is 436 g/mol. The van der Waals surface area contributed by atoms with Gasteiger partial charge in [0.1, 0.15) is 5.69 Å². The molecule has 0 radical (unpaired) electrons. The molecule has 2 N–H and O–H groups in total. The number of benzene rings is 1. The van der Waals surface area contributed by atoms with Crippen molar-refractivity contribution < 1.29 is 9.21 Å². The predicted octanol–water partition coefficient (Wildman–Crippen LogP) is 5.49. The van der Waals surface area contributed by atoms with E-state index < -0.39 is 0 Å². The van der Waals surface area contributed by atoms with Gasteiger partial charge in [0, 0.05) is 22.7 Å². The van der Waals surface area contributed by atoms with E-state index >= 15 is 0 Å². The summed E-state index contributed by atoms with van der Waals surface area (Å²) in [5.41, 5.74) is 3.31. The van der Waals surface area contributed by atoms with Crippen LogP contribution >= 0.6 is 22.9 Å². The molecule has 148 valence electrons. The first-order valence-corrected chi connectivity index (χ1v) is 10.2. The number of thiazole rings is 1. The lowest BCUT2D eigenvalue weighted by Crippen LogP contribution is -2.13. The highest BCUT2D eigenvalue weighted by Crippen LogP contribution is 2.27. The van der Waals surface area contributed by atoms with E-state index in [9.17, 15) is 4.79 Å². The first-order valence-electron chi connectivity index (χ1n) is 8.98. The highest BCUT2D eigenvalue weighted by atomic mass is 35.5. The summed E-state index contributed by atoms with van der Waals surface area (Å²) >= 11 is 7.35. The van der Waals surface area contributed by atoms with Crippen LogP contribution in [0.25, 0.3) is 28.5 Å². The number of hydrogen-bond acceptors (Lipinski definition) is 5. The number of hydrogen-bond donors (Lipinski definition) is 2. The number of nitrogens with zero attached hydrogens (tertiary/aromatic N) is 3. The molecule has 0 aliphatic heterocycles. The zero-order chi connectivity index (χ0) is 20.5. The second-order valence-corrected chi connectivity index (χ2v) is 7.65. The Bertz CT molecular complexity index is 1290. The Morgan fingerprint density at radius 1 is 1.17 bits per heavy atom. The number of amides is 1. The maximum atomic E-state index is 12.9. The zero-order valence-corrected chi connectivity index (χ0v) is 16.9. The van der Waals surface area contributed by atoms with Crippen molar-refractivity contribution in [3.8, 4) is 28.5 Å². The van der Waals surface area contributed by atoms with Gasteiger partial charge < -0.3 is 9.40 Å². The average Bonchev–Trinajstić information content (AvgIpc) is 3.55. The summed E-state index contributed by atoms with van der Waals surface area (Å²) < 4.78 is 7.18. The molecule has 5 aromatic rings. The topological polar surface area (TPSA) is 88.7 Å². The van der Waals surface area contributed by atoms with Crippen molar-refractivity contribution in [3.63, 3.8) is 0 Å². The maximum absolute atomic E-state index is 12.9. The largest absolute Gasteiger partial charge is 0.463 e. The van der Waals surface area contributed by atoms with Crippen molar-refractivity contribution in [2.45, 2.75) is 0 Å². The van der Waals surface area contributed by atoms with Crippen LogP contribution < -0.4 is 5.32 Å². The summed E-state index contributed by atoms with van der Waals surface area (Å²) in [6.45, 7) is 0. The summed E-state index contributed by atoms with van der Waals surface area (Å²) in [5.74, 6) is 0.239. The van der Waals surface area contributed by atoms with Gasteiger partial charge in [0.05, 0.1) is 23.3 Å². The molecule has 4 heterocycles. The Hall–Kier alpha value is -3.62. The third-order valence-corrected chi connectivity index (χ3v) is 5.40. The van der Waals surface area contributed by atoms with Crippen LogP contribution in [-0.2, 0) is 0 Å². The molecule has 0 aliphatic rings. The van der Waals surface area contributed by atoms with Crippen molar-refractivity contribution in [1.29, 1.82) is 0 Å². The molecule has 5 rings (SSSR count). The molecular weight excluding hydrogens is 422 g/mol. The standard InChI is InChI=1S/C21H14ClN5O2S/c22-13-5-7-14(8-6-13)27-18(19-4-2-10-29-19)11-16(26-27)20(28)25-21-24-17(12-30-21)15-3-1-9-23-15/h1-12,23H,(H,24,25,28). The molecule has 7 nitrogen and oxygen atoms in total. The van der Waals surface area contributed by atoms with E-state index in [-0.39, 0.29) is 11.6 Å². The molecule has 0 bridgehead atoms. The molecule has 4 aromatic heterocycles. The third-order valence-electron chi connectivity index (χ3n) is 4.39. The van der Waals surface area contributed by atoms with E-state index in [0.717, 1.165) is 17.1 Å². The van der Waals surface area contributed by atoms with Crippen LogP contribution in [0.2, 0.25) is 5.02 Å². The maximum Gasteiger partial charge on any atom is 0.277 e. The van der Waals surface area contributed by atoms with Crippen LogP contribution in [0, 0.1) is 0 Å². The lowest BCUT2D eigenvalue weighted by atomic mass is 10.2. The number of anilines is 1. The first-order chi connectivity index (χ1) is 14.7. The Morgan fingerprint density at radius 3 is 2.77 bits per heavy atom. The van der Waals surface area contributed by atoms with Gasteiger partial charge in [-0.15, -0.1) is 11.3 Å². The Labute approximate surface area is 180 Å². The Balaban J connectivity index is 1.46. The van der Waals surface area contributed by atoms with Gasteiger partial charge in [-0.1, -0.05) is 11.6 Å². The van der Waals surface area contributed by atoms with E-state index in [1.165, 1.54) is 11.3 Å². The van der Waals surface area contributed by atoms with Crippen molar-refractivity contribution in [3.05, 3.63) is 83.2 Å². The molecule has 0 unspecified atom stereocenters. The van der Waals surface area contributed by atoms with Crippen LogP contribution in [0.5, 0.6) is 0 Å². The molecule has 0 fully saturated rings. The monoisotopic (exact) mass is 435 g/mol. The fraction of sp³-hybridized carbons (Fsp3) is 0. The van der Waals surface area contributed by atoms with Gasteiger partial charge in [-0.3, -0.25) is 10.1 Å². The third kappa shape index (κ3) is 3.54. The minimum absolute atomic E-state index is 0.243. The number of carbonyl (C=O) groups excluding carboxylic acids is 1. The number of halogens is 1. The number of nitrogens with one attached hydrogen (secondary N) is 2. The fourth-order valence-electron chi connectivity index (χ4n) is 2.98. The molecule has 1 amide bonds. The van der Waals surface area contributed by atoms with E-state index in [1.54, 1.807) is 35.2 Å². The number of carbonyl (C=O) groups is 1. The van der Waals surface area contributed by atoms with E-state index in [2.05, 4.69) is 20.4 Å². The quantitative estimate of drug-likeness (QED) is 0.382. The number of aromatic nitrogens is 4. The normalized spacial score (nSPS) is 11.0. The summed E-state index contributed by atoms with van der Waals surface area (Å²) in [6, 6.07) is 16.3. The summed E-state index contributed by atoms with van der Waals surface area (Å²) in [6.07, 6.45) is 3.40. The number of rotatable bonds is 5. The van der Waals surface area contributed by atoms with Gasteiger partial charge in [0.2, 0.25) is 0 Å². The van der Waals surface area contributed by atoms with Crippen molar-refractivity contribution in [2.24, 2.45) is 0 Å². The van der Waals surface area contributed by atoms with Gasteiger partial charge >= 0.3 is 0 Å². The molecule has 0 spiro atoms. The smallest absolute Gasteiger partial charge is 0.277 e. The van der Waals surface area contributed by atoms with E-state index in [1.807, 2.05) is 41.9 Å². The number of furan rings is 1.